The Balaban J connectivity index is 1.22. The Morgan fingerprint density at radius 3 is 2.42 bits per heavy atom. The van der Waals surface area contributed by atoms with Gasteiger partial charge in [0.2, 0.25) is 0 Å². The lowest BCUT2D eigenvalue weighted by atomic mass is 10.0. The Kier molecular flexibility index (Phi) is 7.45. The van der Waals surface area contributed by atoms with Gasteiger partial charge in [-0.1, -0.05) is 72.8 Å². The fraction of sp³-hybridized carbons (Fsp3) is 0.233. The van der Waals surface area contributed by atoms with Crippen LogP contribution in [0.2, 0.25) is 0 Å². The SMILES string of the molecule is O=C(O)C(c1c[nH]c2cc(OCc3ccccc3)ccc12)N1CCN(CC=Cc2ccccc2)CC1. The van der Waals surface area contributed by atoms with Crippen molar-refractivity contribution >= 4 is 22.9 Å². The number of piperazine rings is 1. The molecule has 1 aliphatic rings. The molecular formula is C30H31N3O3. The van der Waals surface area contributed by atoms with Gasteiger partial charge in [-0.2, -0.15) is 0 Å². The minimum Gasteiger partial charge on any atom is -0.489 e. The summed E-state index contributed by atoms with van der Waals surface area (Å²) >= 11 is 0. The van der Waals surface area contributed by atoms with Crippen molar-refractivity contribution in [3.63, 3.8) is 0 Å². The normalized spacial score (nSPS) is 15.9. The Morgan fingerprint density at radius 2 is 1.69 bits per heavy atom. The first kappa shape index (κ1) is 23.9. The van der Waals surface area contributed by atoms with Gasteiger partial charge in [0.1, 0.15) is 18.4 Å². The smallest absolute Gasteiger partial charge is 0.325 e. The molecule has 5 rings (SSSR count). The lowest BCUT2D eigenvalue weighted by Gasteiger charge is -2.37. The number of nitrogens with one attached hydrogen (secondary N) is 1. The summed E-state index contributed by atoms with van der Waals surface area (Å²) in [7, 11) is 0. The van der Waals surface area contributed by atoms with Gasteiger partial charge in [0.05, 0.1) is 0 Å². The molecule has 2 N–H and O–H groups in total. The van der Waals surface area contributed by atoms with Gasteiger partial charge in [0.25, 0.3) is 0 Å². The van der Waals surface area contributed by atoms with Crippen LogP contribution in [0.1, 0.15) is 22.7 Å². The molecule has 1 unspecified atom stereocenters. The van der Waals surface area contributed by atoms with Gasteiger partial charge < -0.3 is 14.8 Å². The highest BCUT2D eigenvalue weighted by molar-refractivity contribution is 5.90. The zero-order valence-corrected chi connectivity index (χ0v) is 20.2. The second-order valence-electron chi connectivity index (χ2n) is 9.12. The number of benzene rings is 3. The Bertz CT molecular complexity index is 1310. The van der Waals surface area contributed by atoms with Crippen LogP contribution in [0.3, 0.4) is 0 Å². The third-order valence-electron chi connectivity index (χ3n) is 6.71. The molecule has 0 radical (unpaired) electrons. The highest BCUT2D eigenvalue weighted by Gasteiger charge is 2.32. The van der Waals surface area contributed by atoms with E-state index in [0.29, 0.717) is 19.7 Å². The molecule has 1 aliphatic heterocycles. The lowest BCUT2D eigenvalue weighted by Crippen LogP contribution is -2.49. The number of carboxylic acids is 1. The third kappa shape index (κ3) is 5.67. The quantitative estimate of drug-likeness (QED) is 0.344. The maximum Gasteiger partial charge on any atom is 0.325 e. The Hall–Kier alpha value is -3.87. The first-order chi connectivity index (χ1) is 17.7. The molecule has 6 nitrogen and oxygen atoms in total. The summed E-state index contributed by atoms with van der Waals surface area (Å²) in [5, 5.41) is 11.1. The molecule has 0 saturated carbocycles. The molecule has 0 spiro atoms. The number of hydrogen-bond acceptors (Lipinski definition) is 4. The predicted octanol–water partition coefficient (Wildman–Crippen LogP) is 5.20. The van der Waals surface area contributed by atoms with Crippen LogP contribution >= 0.6 is 0 Å². The van der Waals surface area contributed by atoms with Crippen LogP contribution < -0.4 is 4.74 Å². The van der Waals surface area contributed by atoms with Gasteiger partial charge in [-0.3, -0.25) is 14.6 Å². The van der Waals surface area contributed by atoms with Crippen molar-refractivity contribution in [2.24, 2.45) is 0 Å². The number of hydrogen-bond donors (Lipinski definition) is 2. The van der Waals surface area contributed by atoms with E-state index in [9.17, 15) is 9.90 Å². The number of fused-ring (bicyclic) bond motifs is 1. The number of carbonyl (C=O) groups is 1. The molecule has 1 saturated heterocycles. The van der Waals surface area contributed by atoms with Gasteiger partial charge in [0, 0.05) is 61.5 Å². The predicted molar refractivity (Wildman–Crippen MR) is 143 cm³/mol. The summed E-state index contributed by atoms with van der Waals surface area (Å²) in [4.78, 5) is 20.1. The second kappa shape index (κ2) is 11.2. The van der Waals surface area contributed by atoms with Crippen LogP contribution in [-0.2, 0) is 11.4 Å². The summed E-state index contributed by atoms with van der Waals surface area (Å²) in [5.41, 5.74) is 3.97. The van der Waals surface area contributed by atoms with E-state index in [4.69, 9.17) is 4.74 Å². The number of aromatic amines is 1. The van der Waals surface area contributed by atoms with E-state index in [2.05, 4.69) is 39.1 Å². The van der Waals surface area contributed by atoms with E-state index >= 15 is 0 Å². The molecule has 0 amide bonds. The summed E-state index contributed by atoms with van der Waals surface area (Å²) < 4.78 is 5.95. The van der Waals surface area contributed by atoms with Crippen molar-refractivity contribution in [1.29, 1.82) is 0 Å². The standard InChI is InChI=1S/C30H31N3O3/c34-30(35)29(33-18-16-32(17-19-33)15-7-12-23-8-3-1-4-9-23)27-21-31-28-20-25(13-14-26(27)28)36-22-24-10-5-2-6-11-24/h1-14,20-21,29,31H,15-19,22H2,(H,34,35). The van der Waals surface area contributed by atoms with Crippen LogP contribution in [-0.4, -0.2) is 58.6 Å². The van der Waals surface area contributed by atoms with Crippen LogP contribution in [0.25, 0.3) is 17.0 Å². The molecule has 6 heteroatoms. The van der Waals surface area contributed by atoms with Crippen molar-refractivity contribution in [3.05, 3.63) is 108 Å². The van der Waals surface area contributed by atoms with Crippen molar-refractivity contribution in [2.75, 3.05) is 32.7 Å². The maximum absolute atomic E-state index is 12.4. The molecule has 3 aromatic carbocycles. The summed E-state index contributed by atoms with van der Waals surface area (Å²) in [6, 6.07) is 25.4. The second-order valence-corrected chi connectivity index (χ2v) is 9.12. The van der Waals surface area contributed by atoms with Crippen LogP contribution in [0, 0.1) is 0 Å². The highest BCUT2D eigenvalue weighted by atomic mass is 16.5. The number of ether oxygens (including phenoxy) is 1. The Labute approximate surface area is 211 Å². The molecule has 0 aliphatic carbocycles. The van der Waals surface area contributed by atoms with Crippen LogP contribution in [0.5, 0.6) is 5.75 Å². The summed E-state index contributed by atoms with van der Waals surface area (Å²) in [5.74, 6) is -0.0680. The first-order valence-electron chi connectivity index (χ1n) is 12.4. The van der Waals surface area contributed by atoms with Crippen molar-refractivity contribution < 1.29 is 14.6 Å². The largest absolute Gasteiger partial charge is 0.489 e. The number of aromatic nitrogens is 1. The zero-order chi connectivity index (χ0) is 24.7. The average Bonchev–Trinajstić information content (AvgIpc) is 3.32. The molecular weight excluding hydrogens is 450 g/mol. The third-order valence-corrected chi connectivity index (χ3v) is 6.71. The molecule has 1 aromatic heterocycles. The molecule has 0 bridgehead atoms. The van der Waals surface area contributed by atoms with Crippen molar-refractivity contribution in [2.45, 2.75) is 12.6 Å². The minimum atomic E-state index is -0.822. The zero-order valence-electron chi connectivity index (χ0n) is 20.2. The van der Waals surface area contributed by atoms with Gasteiger partial charge in [0.15, 0.2) is 0 Å². The molecule has 1 atom stereocenters. The van der Waals surface area contributed by atoms with Gasteiger partial charge in [-0.25, -0.2) is 0 Å². The molecule has 4 aromatic rings. The summed E-state index contributed by atoms with van der Waals surface area (Å²) in [6.45, 7) is 4.44. The van der Waals surface area contributed by atoms with Gasteiger partial charge >= 0.3 is 5.97 Å². The molecule has 1 fully saturated rings. The minimum absolute atomic E-state index is 0.489. The van der Waals surface area contributed by atoms with E-state index in [0.717, 1.165) is 47.4 Å². The highest BCUT2D eigenvalue weighted by Crippen LogP contribution is 2.31. The van der Waals surface area contributed by atoms with Gasteiger partial charge in [-0.15, -0.1) is 0 Å². The Morgan fingerprint density at radius 1 is 0.972 bits per heavy atom. The van der Waals surface area contributed by atoms with Crippen molar-refractivity contribution in [3.8, 4) is 5.75 Å². The average molecular weight is 482 g/mol. The number of aliphatic carboxylic acids is 1. The fourth-order valence-electron chi connectivity index (χ4n) is 4.78. The summed E-state index contributed by atoms with van der Waals surface area (Å²) in [6.07, 6.45) is 6.15. The molecule has 184 valence electrons. The molecule has 36 heavy (non-hydrogen) atoms. The van der Waals surface area contributed by atoms with E-state index in [-0.39, 0.29) is 0 Å². The van der Waals surface area contributed by atoms with Crippen LogP contribution in [0.15, 0.2) is 91.1 Å². The van der Waals surface area contributed by atoms with E-state index in [1.807, 2.05) is 72.9 Å². The van der Waals surface area contributed by atoms with E-state index in [1.165, 1.54) is 5.56 Å². The van der Waals surface area contributed by atoms with E-state index < -0.39 is 12.0 Å². The van der Waals surface area contributed by atoms with E-state index in [1.54, 1.807) is 0 Å². The number of carboxylic acid groups (broad SMARTS) is 1. The number of rotatable bonds is 9. The maximum atomic E-state index is 12.4. The number of H-pyrrole nitrogens is 1. The fourth-order valence-corrected chi connectivity index (χ4v) is 4.78. The first-order valence-corrected chi connectivity index (χ1v) is 12.4. The molecule has 2 heterocycles. The van der Waals surface area contributed by atoms with Gasteiger partial charge in [-0.05, 0) is 23.3 Å². The van der Waals surface area contributed by atoms with Crippen molar-refractivity contribution in [1.82, 2.24) is 14.8 Å². The number of nitrogens with zero attached hydrogens (tertiary/aromatic N) is 2. The van der Waals surface area contributed by atoms with Crippen LogP contribution in [0.4, 0.5) is 0 Å². The lowest BCUT2D eigenvalue weighted by molar-refractivity contribution is -0.144. The monoisotopic (exact) mass is 481 g/mol. The topological polar surface area (TPSA) is 68.8 Å².